The number of hydrogen-bond acceptors (Lipinski definition) is 10. The van der Waals surface area contributed by atoms with Crippen molar-refractivity contribution in [3.63, 3.8) is 0 Å². The second kappa shape index (κ2) is 12.6. The molecule has 3 rings (SSSR count). The van der Waals surface area contributed by atoms with Crippen LogP contribution in [0.2, 0.25) is 0 Å². The minimum Gasteiger partial charge on any atom is -0.469 e. The predicted octanol–water partition coefficient (Wildman–Crippen LogP) is 0.741. The van der Waals surface area contributed by atoms with Gasteiger partial charge in [-0.1, -0.05) is 49.8 Å². The highest BCUT2D eigenvalue weighted by Gasteiger charge is 2.48. The lowest BCUT2D eigenvalue weighted by molar-refractivity contribution is -0.171. The molecular weight excluding hydrogens is 496 g/mol. The third kappa shape index (κ3) is 6.95. The number of allylic oxidation sites excluding steroid dienone is 3. The highest BCUT2D eigenvalue weighted by molar-refractivity contribution is 6.30. The highest BCUT2D eigenvalue weighted by atomic mass is 35.5. The maximum absolute atomic E-state index is 13.0. The molecule has 0 aliphatic carbocycles. The third-order valence-corrected chi connectivity index (χ3v) is 7.07. The molecule has 0 radical (unpaired) electrons. The quantitative estimate of drug-likeness (QED) is 0.296. The van der Waals surface area contributed by atoms with Gasteiger partial charge in [0.1, 0.15) is 36.6 Å². The van der Waals surface area contributed by atoms with Crippen molar-refractivity contribution >= 4 is 23.5 Å². The number of hydrogen-bond donors (Lipinski definition) is 4. The molecule has 0 saturated carbocycles. The van der Waals surface area contributed by atoms with E-state index in [9.17, 15) is 30.0 Å². The van der Waals surface area contributed by atoms with Gasteiger partial charge in [0, 0.05) is 11.5 Å². The number of fused-ring (bicyclic) bond motifs is 4. The molecule has 0 aromatic carbocycles. The lowest BCUT2D eigenvalue weighted by Crippen LogP contribution is -2.40. The Morgan fingerprint density at radius 2 is 1.92 bits per heavy atom. The van der Waals surface area contributed by atoms with E-state index in [1.54, 1.807) is 19.9 Å². The Labute approximate surface area is 215 Å². The molecule has 3 heterocycles. The van der Waals surface area contributed by atoms with Gasteiger partial charge in [-0.25, -0.2) is 4.79 Å². The van der Waals surface area contributed by atoms with E-state index in [-0.39, 0.29) is 35.7 Å². The van der Waals surface area contributed by atoms with Crippen molar-refractivity contribution in [2.24, 2.45) is 11.8 Å². The van der Waals surface area contributed by atoms with Crippen molar-refractivity contribution in [1.29, 1.82) is 0 Å². The van der Waals surface area contributed by atoms with Crippen molar-refractivity contribution < 1.29 is 49.0 Å². The van der Waals surface area contributed by atoms with Gasteiger partial charge in [0.15, 0.2) is 6.10 Å². The fourth-order valence-corrected chi connectivity index (χ4v) is 4.83. The first-order chi connectivity index (χ1) is 17.0. The Balaban J connectivity index is 1.84. The molecule has 2 fully saturated rings. The van der Waals surface area contributed by atoms with Crippen LogP contribution in [0.1, 0.15) is 33.1 Å². The normalized spacial score (nSPS) is 41.5. The van der Waals surface area contributed by atoms with E-state index in [2.05, 4.69) is 4.74 Å². The average molecular weight is 531 g/mol. The zero-order valence-electron chi connectivity index (χ0n) is 20.5. The Kier molecular flexibility index (Phi) is 10.1. The van der Waals surface area contributed by atoms with Crippen molar-refractivity contribution in [1.82, 2.24) is 0 Å². The van der Waals surface area contributed by atoms with E-state index >= 15 is 0 Å². The number of rotatable bonds is 5. The summed E-state index contributed by atoms with van der Waals surface area (Å²) in [6.07, 6.45) is -1.99. The van der Waals surface area contributed by atoms with E-state index in [1.165, 1.54) is 31.4 Å². The second-order valence-corrected chi connectivity index (χ2v) is 10.1. The Bertz CT molecular complexity index is 873. The predicted molar refractivity (Wildman–Crippen MR) is 128 cm³/mol. The zero-order chi connectivity index (χ0) is 26.6. The van der Waals surface area contributed by atoms with E-state index in [0.717, 1.165) is 0 Å². The number of carbonyl (C=O) groups excluding carboxylic acids is 2. The van der Waals surface area contributed by atoms with Crippen molar-refractivity contribution in [2.45, 2.75) is 88.0 Å². The first-order valence-electron chi connectivity index (χ1n) is 12.0. The molecule has 0 spiro atoms. The number of esters is 2. The van der Waals surface area contributed by atoms with E-state index in [1.807, 2.05) is 0 Å². The zero-order valence-corrected chi connectivity index (χ0v) is 21.2. The Morgan fingerprint density at radius 1 is 1.19 bits per heavy atom. The molecule has 0 aromatic heterocycles. The summed E-state index contributed by atoms with van der Waals surface area (Å²) in [4.78, 5) is 24.5. The van der Waals surface area contributed by atoms with E-state index in [0.29, 0.717) is 6.42 Å². The van der Waals surface area contributed by atoms with E-state index < -0.39 is 60.9 Å². The minimum atomic E-state index is -1.30. The number of halogens is 1. The molecule has 2 saturated heterocycles. The summed E-state index contributed by atoms with van der Waals surface area (Å²) < 4.78 is 22.0. The van der Waals surface area contributed by atoms with Gasteiger partial charge >= 0.3 is 11.9 Å². The highest BCUT2D eigenvalue weighted by Crippen LogP contribution is 2.35. The fourth-order valence-electron chi connectivity index (χ4n) is 4.62. The van der Waals surface area contributed by atoms with E-state index in [4.69, 9.17) is 25.8 Å². The topological polar surface area (TPSA) is 152 Å². The van der Waals surface area contributed by atoms with Crippen LogP contribution in [0.25, 0.3) is 0 Å². The lowest BCUT2D eigenvalue weighted by Gasteiger charge is -2.25. The second-order valence-electron chi connectivity index (χ2n) is 9.65. The summed E-state index contributed by atoms with van der Waals surface area (Å²) in [6.45, 7) is 3.56. The van der Waals surface area contributed by atoms with Gasteiger partial charge in [0.05, 0.1) is 25.7 Å². The van der Waals surface area contributed by atoms with Crippen LogP contribution in [-0.4, -0.2) is 94.4 Å². The van der Waals surface area contributed by atoms with Crippen molar-refractivity contribution in [2.75, 3.05) is 7.11 Å². The van der Waals surface area contributed by atoms with Crippen LogP contribution < -0.4 is 0 Å². The third-order valence-electron chi connectivity index (χ3n) is 6.72. The minimum absolute atomic E-state index is 0.00154. The maximum Gasteiger partial charge on any atom is 0.335 e. The van der Waals surface area contributed by atoms with Gasteiger partial charge in [-0.3, -0.25) is 4.79 Å². The largest absolute Gasteiger partial charge is 0.469 e. The maximum atomic E-state index is 13.0. The molecule has 4 N–H and O–H groups in total. The van der Waals surface area contributed by atoms with Gasteiger partial charge < -0.3 is 39.4 Å². The van der Waals surface area contributed by atoms with Gasteiger partial charge in [0.2, 0.25) is 0 Å². The Morgan fingerprint density at radius 3 is 2.61 bits per heavy atom. The Hall–Kier alpha value is -1.79. The van der Waals surface area contributed by atoms with Crippen LogP contribution in [0.5, 0.6) is 0 Å². The van der Waals surface area contributed by atoms with Crippen molar-refractivity contribution in [3.05, 3.63) is 35.4 Å². The molecule has 11 heteroatoms. The number of aliphatic hydroxyl groups is 4. The standard InChI is InChI=1S/C25H35ClO10/c1-12(9-20(29)33-3)7-8-16(28)24-19-11-18(35-24)21(30)14(26)5-4-6-15(27)22(31)17-10-13(2)23(34-17)25(32)36-19/h4-8,12-13,15-19,21-24,27-28,30-31H,9-11H2,1-3H3/b6-4-,8-7+,14-5-/t12-,13+,15+,16+,17+,18+,19-,21-,22-,23+,24-/m0/s1. The molecule has 202 valence electrons. The monoisotopic (exact) mass is 530 g/mol. The molecule has 3 aliphatic rings. The molecular formula is C25H35ClO10. The molecule has 3 aliphatic heterocycles. The molecule has 0 amide bonds. The molecule has 4 bridgehead atoms. The van der Waals surface area contributed by atoms with Gasteiger partial charge in [0.25, 0.3) is 0 Å². The van der Waals surface area contributed by atoms with Crippen LogP contribution in [0.15, 0.2) is 35.4 Å². The van der Waals surface area contributed by atoms with Crippen LogP contribution in [0.3, 0.4) is 0 Å². The number of ether oxygens (including phenoxy) is 4. The number of carbonyl (C=O) groups is 2. The summed E-state index contributed by atoms with van der Waals surface area (Å²) >= 11 is 6.23. The summed E-state index contributed by atoms with van der Waals surface area (Å²) in [5.74, 6) is -1.60. The fraction of sp³-hybridized carbons (Fsp3) is 0.680. The summed E-state index contributed by atoms with van der Waals surface area (Å²) in [5.41, 5.74) is 0. The van der Waals surface area contributed by atoms with Gasteiger partial charge in [-0.05, 0) is 24.3 Å². The van der Waals surface area contributed by atoms with Gasteiger partial charge in [-0.2, -0.15) is 0 Å². The van der Waals surface area contributed by atoms with Crippen LogP contribution in [0.4, 0.5) is 0 Å². The van der Waals surface area contributed by atoms with Crippen molar-refractivity contribution in [3.8, 4) is 0 Å². The van der Waals surface area contributed by atoms with Crippen LogP contribution in [0, 0.1) is 11.8 Å². The summed E-state index contributed by atoms with van der Waals surface area (Å²) in [5, 5.41) is 42.3. The first kappa shape index (κ1) is 28.8. The van der Waals surface area contributed by atoms with Gasteiger partial charge in [-0.15, -0.1) is 0 Å². The molecule has 10 nitrogen and oxygen atoms in total. The van der Waals surface area contributed by atoms with Crippen LogP contribution in [-0.2, 0) is 28.5 Å². The SMILES string of the molecule is COC(=O)C[C@@H](C)/C=C/[C@@H](O)[C@@H]1O[C@@H]2C[C@@H]1OC(=O)[C@@H]1O[C@H](C[C@H]1C)[C@@H](O)[C@H](O)/C=C\C=C(/Cl)[C@@H]2O. The lowest BCUT2D eigenvalue weighted by atomic mass is 9.97. The first-order valence-corrected chi connectivity index (χ1v) is 12.4. The molecule has 0 unspecified atom stereocenters. The molecule has 36 heavy (non-hydrogen) atoms. The number of methoxy groups -OCH3 is 1. The molecule has 0 aromatic rings. The van der Waals surface area contributed by atoms with Crippen LogP contribution >= 0.6 is 11.6 Å². The summed E-state index contributed by atoms with van der Waals surface area (Å²) in [7, 11) is 1.29. The smallest absolute Gasteiger partial charge is 0.335 e. The number of aliphatic hydroxyl groups excluding tert-OH is 4. The summed E-state index contributed by atoms with van der Waals surface area (Å²) in [6, 6.07) is 0. The molecule has 11 atom stereocenters. The average Bonchev–Trinajstić information content (AvgIpc) is 3.44.